The van der Waals surface area contributed by atoms with E-state index in [2.05, 4.69) is 15.5 Å². The molecule has 1 heterocycles. The molecule has 20 heavy (non-hydrogen) atoms. The van der Waals surface area contributed by atoms with Crippen LogP contribution in [0, 0.1) is 11.3 Å². The Hall–Kier alpha value is -1.88. The number of aromatic nitrogens is 2. The fourth-order valence-electron chi connectivity index (χ4n) is 1.73. The summed E-state index contributed by atoms with van der Waals surface area (Å²) in [6, 6.07) is 1.92. The fourth-order valence-corrected chi connectivity index (χ4v) is 1.73. The maximum Gasteiger partial charge on any atom is 0.416 e. The van der Waals surface area contributed by atoms with Gasteiger partial charge < -0.3 is 10.4 Å². The molecule has 0 aliphatic carbocycles. The minimum absolute atomic E-state index is 0.0372. The Morgan fingerprint density at radius 2 is 1.95 bits per heavy atom. The van der Waals surface area contributed by atoms with Crippen LogP contribution in [0.5, 0.6) is 0 Å². The number of halogens is 3. The van der Waals surface area contributed by atoms with E-state index < -0.39 is 18.8 Å². The summed E-state index contributed by atoms with van der Waals surface area (Å²) in [4.78, 5) is 0. The first-order chi connectivity index (χ1) is 9.35. The summed E-state index contributed by atoms with van der Waals surface area (Å²) in [5.41, 5.74) is 1.48. The van der Waals surface area contributed by atoms with Crippen molar-refractivity contribution in [3.8, 4) is 6.07 Å². The van der Waals surface area contributed by atoms with Crippen LogP contribution in [0.4, 0.5) is 19.0 Å². The molecule has 0 radical (unpaired) electrons. The minimum Gasteiger partial charge on any atom is -0.382 e. The predicted molar refractivity (Wildman–Crippen MR) is 66.1 cm³/mol. The number of aliphatic hydroxyl groups excluding tert-OH is 1. The number of rotatable bonds is 5. The van der Waals surface area contributed by atoms with Crippen LogP contribution in [0.2, 0.25) is 0 Å². The monoisotopic (exact) mass is 288 g/mol. The lowest BCUT2D eigenvalue weighted by molar-refractivity contribution is -0.198. The number of hydrogen-bond donors (Lipinski definition) is 2. The maximum absolute atomic E-state index is 12.2. The summed E-state index contributed by atoms with van der Waals surface area (Å²) in [6.45, 7) is 2.90. The molecule has 0 aliphatic heterocycles. The Labute approximate surface area is 114 Å². The Kier molecular flexibility index (Phi) is 5.27. The molecule has 0 fully saturated rings. The molecule has 1 rings (SSSR count). The van der Waals surface area contributed by atoms with Crippen LogP contribution in [0.25, 0.3) is 0 Å². The van der Waals surface area contributed by atoms with Crippen molar-refractivity contribution >= 4 is 5.82 Å². The normalized spacial score (nSPS) is 12.8. The van der Waals surface area contributed by atoms with Gasteiger partial charge in [-0.25, -0.2) is 0 Å². The molecule has 2 N–H and O–H groups in total. The van der Waals surface area contributed by atoms with Crippen LogP contribution in [0.1, 0.15) is 30.7 Å². The van der Waals surface area contributed by atoms with Crippen LogP contribution in [0.3, 0.4) is 0 Å². The van der Waals surface area contributed by atoms with Crippen LogP contribution in [0.15, 0.2) is 0 Å². The quantitative estimate of drug-likeness (QED) is 0.863. The van der Waals surface area contributed by atoms with Gasteiger partial charge in [-0.1, -0.05) is 13.8 Å². The molecule has 0 bridgehead atoms. The van der Waals surface area contributed by atoms with Gasteiger partial charge in [0.05, 0.1) is 12.2 Å². The second-order valence-corrected chi connectivity index (χ2v) is 4.11. The van der Waals surface area contributed by atoms with E-state index in [4.69, 9.17) is 10.4 Å². The van der Waals surface area contributed by atoms with Gasteiger partial charge in [0.25, 0.3) is 0 Å². The van der Waals surface area contributed by atoms with Crippen molar-refractivity contribution in [1.29, 1.82) is 5.26 Å². The van der Waals surface area contributed by atoms with Crippen LogP contribution in [-0.4, -0.2) is 34.1 Å². The number of nitrogens with one attached hydrogen (secondary N) is 1. The molecule has 110 valence electrons. The molecular formula is C12H15F3N4O. The average molecular weight is 288 g/mol. The third-order valence-corrected chi connectivity index (χ3v) is 2.80. The van der Waals surface area contributed by atoms with Gasteiger partial charge >= 0.3 is 6.18 Å². The topological polar surface area (TPSA) is 81.8 Å². The highest BCUT2D eigenvalue weighted by Gasteiger charge is 2.38. The number of aryl methyl sites for hydroxylation is 1. The molecule has 5 nitrogen and oxygen atoms in total. The highest BCUT2D eigenvalue weighted by atomic mass is 19.4. The summed E-state index contributed by atoms with van der Waals surface area (Å²) < 4.78 is 36.6. The third-order valence-electron chi connectivity index (χ3n) is 2.80. The Morgan fingerprint density at radius 3 is 2.40 bits per heavy atom. The molecule has 1 unspecified atom stereocenters. The smallest absolute Gasteiger partial charge is 0.382 e. The molecular weight excluding hydrogens is 273 g/mol. The van der Waals surface area contributed by atoms with E-state index in [1.165, 1.54) is 0 Å². The van der Waals surface area contributed by atoms with Crippen LogP contribution in [-0.2, 0) is 12.8 Å². The van der Waals surface area contributed by atoms with Gasteiger partial charge in [-0.05, 0) is 18.4 Å². The lowest BCUT2D eigenvalue weighted by atomic mass is 10.0. The standard InChI is InChI=1S/C12H15F3N4O/c1-3-7-8(5-16)11(19-18-9(7)4-2)17-6-10(20)12(13,14)15/h10,20H,3-4,6H2,1-2H3,(H,17,19). The van der Waals surface area contributed by atoms with E-state index in [9.17, 15) is 13.2 Å². The SMILES string of the molecule is CCc1nnc(NCC(O)C(F)(F)F)c(C#N)c1CC. The highest BCUT2D eigenvalue weighted by Crippen LogP contribution is 2.22. The lowest BCUT2D eigenvalue weighted by Gasteiger charge is -2.16. The molecule has 0 amide bonds. The number of nitrogens with zero attached hydrogens (tertiary/aromatic N) is 3. The van der Waals surface area contributed by atoms with E-state index in [-0.39, 0.29) is 11.4 Å². The number of hydrogen-bond acceptors (Lipinski definition) is 5. The van der Waals surface area contributed by atoms with Crippen LogP contribution >= 0.6 is 0 Å². The zero-order chi connectivity index (χ0) is 15.3. The first-order valence-corrected chi connectivity index (χ1v) is 6.12. The van der Waals surface area contributed by atoms with E-state index in [1.807, 2.05) is 19.9 Å². The Morgan fingerprint density at radius 1 is 1.30 bits per heavy atom. The lowest BCUT2D eigenvalue weighted by Crippen LogP contribution is -2.35. The summed E-state index contributed by atoms with van der Waals surface area (Å²) in [7, 11) is 0. The highest BCUT2D eigenvalue weighted by molar-refractivity contribution is 5.56. The van der Waals surface area contributed by atoms with E-state index in [0.717, 1.165) is 0 Å². The first-order valence-electron chi connectivity index (χ1n) is 6.12. The van der Waals surface area contributed by atoms with Crippen LogP contribution < -0.4 is 5.32 Å². The Bertz CT molecular complexity index is 511. The van der Waals surface area contributed by atoms with Crippen molar-refractivity contribution in [2.75, 3.05) is 11.9 Å². The predicted octanol–water partition coefficient (Wildman–Crippen LogP) is 1.81. The van der Waals surface area contributed by atoms with E-state index in [1.54, 1.807) is 0 Å². The maximum atomic E-state index is 12.2. The van der Waals surface area contributed by atoms with Crippen molar-refractivity contribution in [2.24, 2.45) is 0 Å². The second kappa shape index (κ2) is 6.52. The van der Waals surface area contributed by atoms with Gasteiger partial charge in [-0.3, -0.25) is 0 Å². The van der Waals surface area contributed by atoms with Crippen molar-refractivity contribution in [1.82, 2.24) is 10.2 Å². The third kappa shape index (κ3) is 3.57. The molecule has 0 spiro atoms. The summed E-state index contributed by atoms with van der Waals surface area (Å²) in [6.07, 6.45) is -6.13. The largest absolute Gasteiger partial charge is 0.416 e. The van der Waals surface area contributed by atoms with Crippen molar-refractivity contribution in [3.63, 3.8) is 0 Å². The number of anilines is 1. The van der Waals surface area contributed by atoms with Crippen molar-refractivity contribution in [3.05, 3.63) is 16.8 Å². The molecule has 0 saturated heterocycles. The second-order valence-electron chi connectivity index (χ2n) is 4.11. The zero-order valence-corrected chi connectivity index (χ0v) is 11.1. The molecule has 1 aromatic heterocycles. The van der Waals surface area contributed by atoms with Crippen molar-refractivity contribution in [2.45, 2.75) is 39.0 Å². The fraction of sp³-hybridized carbons (Fsp3) is 0.583. The summed E-state index contributed by atoms with van der Waals surface area (Å²) >= 11 is 0. The van der Waals surface area contributed by atoms with E-state index in [0.29, 0.717) is 24.1 Å². The number of nitriles is 1. The molecule has 0 saturated carbocycles. The van der Waals surface area contributed by atoms with E-state index >= 15 is 0 Å². The van der Waals surface area contributed by atoms with Gasteiger partial charge in [-0.15, -0.1) is 5.10 Å². The summed E-state index contributed by atoms with van der Waals surface area (Å²) in [5.74, 6) is -0.0372. The van der Waals surface area contributed by atoms with Crippen molar-refractivity contribution < 1.29 is 18.3 Å². The van der Waals surface area contributed by atoms with Gasteiger partial charge in [0.15, 0.2) is 11.9 Å². The summed E-state index contributed by atoms with van der Waals surface area (Å²) in [5, 5.41) is 28.0. The molecule has 8 heteroatoms. The van der Waals surface area contributed by atoms with Gasteiger partial charge in [0, 0.05) is 0 Å². The number of alkyl halides is 3. The molecule has 0 aromatic carbocycles. The van der Waals surface area contributed by atoms with Gasteiger partial charge in [0.2, 0.25) is 0 Å². The minimum atomic E-state index is -4.72. The Balaban J connectivity index is 3.00. The zero-order valence-electron chi connectivity index (χ0n) is 11.1. The molecule has 0 aliphatic rings. The average Bonchev–Trinajstić information content (AvgIpc) is 2.42. The van der Waals surface area contributed by atoms with Gasteiger partial charge in [0.1, 0.15) is 11.6 Å². The molecule has 1 atom stereocenters. The first kappa shape index (κ1) is 16.2. The number of aliphatic hydroxyl groups is 1. The molecule has 1 aromatic rings. The van der Waals surface area contributed by atoms with Gasteiger partial charge in [-0.2, -0.15) is 23.5 Å².